The van der Waals surface area contributed by atoms with Crippen molar-refractivity contribution in [2.75, 3.05) is 19.6 Å². The van der Waals surface area contributed by atoms with Gasteiger partial charge in [0.1, 0.15) is 23.6 Å². The lowest BCUT2D eigenvalue weighted by molar-refractivity contribution is 0.0586. The van der Waals surface area contributed by atoms with Crippen LogP contribution < -0.4 is 15.2 Å². The first-order valence-electron chi connectivity index (χ1n) is 13.0. The van der Waals surface area contributed by atoms with Crippen LogP contribution in [-0.2, 0) is 10.2 Å². The van der Waals surface area contributed by atoms with Crippen molar-refractivity contribution in [2.24, 2.45) is 10.6 Å². The minimum atomic E-state index is -4.25. The van der Waals surface area contributed by atoms with Crippen molar-refractivity contribution >= 4 is 21.2 Å². The Morgan fingerprint density at radius 2 is 1.95 bits per heavy atom. The van der Waals surface area contributed by atoms with Gasteiger partial charge in [0, 0.05) is 24.7 Å². The topological polar surface area (TPSA) is 134 Å². The first-order chi connectivity index (χ1) is 18.7. The summed E-state index contributed by atoms with van der Waals surface area (Å²) < 4.78 is 60.5. The Kier molecular flexibility index (Phi) is 6.50. The molecular formula is C27H28F2N6O3S. The number of ether oxygens (including phenoxy) is 1. The number of nitrogens with one attached hydrogen (secondary N) is 1. The average molecular weight is 555 g/mol. The molecule has 1 saturated carbocycles. The molecule has 39 heavy (non-hydrogen) atoms. The van der Waals surface area contributed by atoms with E-state index in [-0.39, 0.29) is 29.8 Å². The zero-order valence-electron chi connectivity index (χ0n) is 21.1. The molecule has 1 aliphatic carbocycles. The molecule has 3 aromatic rings. The number of nitrogens with two attached hydrogens (primary N) is 1. The summed E-state index contributed by atoms with van der Waals surface area (Å²) in [6.45, 7) is 1.95. The second-order valence-electron chi connectivity index (χ2n) is 10.8. The maximum Gasteiger partial charge on any atom is 0.277 e. The van der Waals surface area contributed by atoms with E-state index in [1.54, 1.807) is 18.2 Å². The molecule has 2 aromatic carbocycles. The number of alkyl halides is 1. The van der Waals surface area contributed by atoms with Crippen LogP contribution in [0.1, 0.15) is 60.9 Å². The highest BCUT2D eigenvalue weighted by molar-refractivity contribution is 7.86. The molecule has 3 aliphatic rings. The van der Waals surface area contributed by atoms with Crippen LogP contribution in [0.3, 0.4) is 0 Å². The summed E-state index contributed by atoms with van der Waals surface area (Å²) in [6, 6.07) is 7.66. The van der Waals surface area contributed by atoms with E-state index in [1.807, 2.05) is 12.3 Å². The molecular weight excluding hydrogens is 526 g/mol. The Bertz CT molecular complexity index is 1580. The molecule has 204 valence electrons. The first-order valence-corrected chi connectivity index (χ1v) is 14.5. The number of halogens is 2. The quantitative estimate of drug-likeness (QED) is 0.487. The number of fused-ring (bicyclic) bond motifs is 1. The average Bonchev–Trinajstić information content (AvgIpc) is 3.30. The SMILES string of the molecule is N#Cc1c(C2C(F)CCN2S(N)(=O)=O)ccc(F)c1Oc1ccc2ncc(C3CC4(CCNCC4)C3)nc2c1. The number of piperidine rings is 1. The van der Waals surface area contributed by atoms with E-state index in [2.05, 4.69) is 10.3 Å². The van der Waals surface area contributed by atoms with Gasteiger partial charge in [-0.05, 0) is 74.4 Å². The first kappa shape index (κ1) is 26.0. The fraction of sp³-hybridized carbons (Fsp3) is 0.444. The number of aromatic nitrogens is 2. The van der Waals surface area contributed by atoms with Gasteiger partial charge in [0.15, 0.2) is 11.6 Å². The molecule has 3 N–H and O–H groups in total. The Hall–Kier alpha value is -3.24. The summed E-state index contributed by atoms with van der Waals surface area (Å²) in [5.74, 6) is -0.700. The lowest BCUT2D eigenvalue weighted by Gasteiger charge is -2.50. The van der Waals surface area contributed by atoms with Crippen LogP contribution in [0.25, 0.3) is 11.0 Å². The molecule has 2 saturated heterocycles. The second kappa shape index (κ2) is 9.75. The monoisotopic (exact) mass is 554 g/mol. The van der Waals surface area contributed by atoms with E-state index in [9.17, 15) is 22.5 Å². The van der Waals surface area contributed by atoms with Gasteiger partial charge in [-0.25, -0.2) is 18.9 Å². The molecule has 2 aliphatic heterocycles. The van der Waals surface area contributed by atoms with Gasteiger partial charge in [-0.1, -0.05) is 6.07 Å². The summed E-state index contributed by atoms with van der Waals surface area (Å²) >= 11 is 0. The molecule has 1 aromatic heterocycles. The van der Waals surface area contributed by atoms with Crippen molar-refractivity contribution in [1.82, 2.24) is 19.6 Å². The minimum absolute atomic E-state index is 0.00684. The third kappa shape index (κ3) is 4.74. The predicted octanol–water partition coefficient (Wildman–Crippen LogP) is 3.97. The van der Waals surface area contributed by atoms with E-state index in [0.29, 0.717) is 22.4 Å². The van der Waals surface area contributed by atoms with E-state index in [0.717, 1.165) is 42.0 Å². The molecule has 0 radical (unpaired) electrons. The zero-order chi connectivity index (χ0) is 27.4. The van der Waals surface area contributed by atoms with Crippen LogP contribution in [-0.4, -0.2) is 48.5 Å². The fourth-order valence-corrected chi connectivity index (χ4v) is 7.26. The van der Waals surface area contributed by atoms with Crippen LogP contribution in [0.4, 0.5) is 8.78 Å². The minimum Gasteiger partial charge on any atom is -0.453 e. The van der Waals surface area contributed by atoms with Gasteiger partial charge in [-0.2, -0.15) is 18.0 Å². The summed E-state index contributed by atoms with van der Waals surface area (Å²) in [6.07, 6.45) is 4.62. The normalized spacial score (nSPS) is 23.5. The second-order valence-corrected chi connectivity index (χ2v) is 12.3. The largest absolute Gasteiger partial charge is 0.453 e. The molecule has 0 amide bonds. The fourth-order valence-electron chi connectivity index (χ4n) is 6.34. The Balaban J connectivity index is 1.30. The van der Waals surface area contributed by atoms with E-state index < -0.39 is 34.0 Å². The number of hydrogen-bond donors (Lipinski definition) is 2. The van der Waals surface area contributed by atoms with Gasteiger partial charge in [-0.15, -0.1) is 0 Å². The molecule has 12 heteroatoms. The lowest BCUT2D eigenvalue weighted by atomic mass is 9.57. The summed E-state index contributed by atoms with van der Waals surface area (Å²) in [5.41, 5.74) is 2.23. The molecule has 9 nitrogen and oxygen atoms in total. The van der Waals surface area contributed by atoms with Gasteiger partial charge < -0.3 is 10.1 Å². The summed E-state index contributed by atoms with van der Waals surface area (Å²) in [4.78, 5) is 9.37. The molecule has 0 bridgehead atoms. The molecule has 1 spiro atoms. The maximum absolute atomic E-state index is 15.0. The smallest absolute Gasteiger partial charge is 0.277 e. The molecule has 3 fully saturated rings. The van der Waals surface area contributed by atoms with Crippen molar-refractivity contribution in [3.8, 4) is 17.6 Å². The van der Waals surface area contributed by atoms with Crippen LogP contribution >= 0.6 is 0 Å². The van der Waals surface area contributed by atoms with E-state index in [4.69, 9.17) is 14.9 Å². The molecule has 2 unspecified atom stereocenters. The Morgan fingerprint density at radius 1 is 1.18 bits per heavy atom. The Morgan fingerprint density at radius 3 is 2.67 bits per heavy atom. The van der Waals surface area contributed by atoms with Gasteiger partial charge in [0.25, 0.3) is 10.2 Å². The number of benzene rings is 2. The van der Waals surface area contributed by atoms with Crippen LogP contribution in [0.15, 0.2) is 36.5 Å². The number of rotatable bonds is 5. The van der Waals surface area contributed by atoms with Crippen molar-refractivity contribution in [3.63, 3.8) is 0 Å². The standard InChI is InChI=1S/C27H28F2N6O3S/c28-20-5-10-35(39(31,36)37)25(20)18-2-3-21(29)26(19(18)14-30)38-17-1-4-22-23(11-17)34-24(15-33-22)16-12-27(13-16)6-8-32-9-7-27/h1-4,11,15-16,20,25,32H,5-10,12-13H2,(H2,31,36,37). The van der Waals surface area contributed by atoms with Crippen LogP contribution in [0.2, 0.25) is 0 Å². The molecule has 3 heterocycles. The van der Waals surface area contributed by atoms with Crippen LogP contribution in [0, 0.1) is 22.6 Å². The Labute approximate surface area is 225 Å². The lowest BCUT2D eigenvalue weighted by Crippen LogP contribution is -2.44. The highest BCUT2D eigenvalue weighted by atomic mass is 32.2. The number of nitriles is 1. The van der Waals surface area contributed by atoms with Gasteiger partial charge in [0.2, 0.25) is 0 Å². The van der Waals surface area contributed by atoms with E-state index >= 15 is 0 Å². The maximum atomic E-state index is 15.0. The third-order valence-electron chi connectivity index (χ3n) is 8.37. The van der Waals surface area contributed by atoms with Crippen molar-refractivity contribution < 1.29 is 21.9 Å². The van der Waals surface area contributed by atoms with Gasteiger partial charge in [-0.3, -0.25) is 4.98 Å². The van der Waals surface area contributed by atoms with Crippen LogP contribution in [0.5, 0.6) is 11.5 Å². The molecule has 2 atom stereocenters. The number of nitrogens with zero attached hydrogens (tertiary/aromatic N) is 4. The predicted molar refractivity (Wildman–Crippen MR) is 139 cm³/mol. The highest BCUT2D eigenvalue weighted by Crippen LogP contribution is 2.55. The third-order valence-corrected chi connectivity index (χ3v) is 9.43. The van der Waals surface area contributed by atoms with Crippen molar-refractivity contribution in [2.45, 2.75) is 50.2 Å². The van der Waals surface area contributed by atoms with E-state index in [1.165, 1.54) is 18.9 Å². The summed E-state index contributed by atoms with van der Waals surface area (Å²) in [7, 11) is -4.25. The van der Waals surface area contributed by atoms with Gasteiger partial charge >= 0.3 is 0 Å². The zero-order valence-corrected chi connectivity index (χ0v) is 21.9. The molecule has 6 rings (SSSR count). The highest BCUT2D eigenvalue weighted by Gasteiger charge is 2.46. The summed E-state index contributed by atoms with van der Waals surface area (Å²) in [5, 5.41) is 18.6. The van der Waals surface area contributed by atoms with Gasteiger partial charge in [0.05, 0.1) is 22.8 Å². The number of hydrogen-bond acceptors (Lipinski definition) is 7. The van der Waals surface area contributed by atoms with Crippen molar-refractivity contribution in [3.05, 3.63) is 59.2 Å². The van der Waals surface area contributed by atoms with Crippen molar-refractivity contribution in [1.29, 1.82) is 5.26 Å².